The number of carbonyl (C=O) groups is 1. The van der Waals surface area contributed by atoms with Crippen molar-refractivity contribution < 1.29 is 22.7 Å². The van der Waals surface area contributed by atoms with Gasteiger partial charge in [0.15, 0.2) is 16.3 Å². The van der Waals surface area contributed by atoms with Crippen LogP contribution < -0.4 is 14.3 Å². The van der Waals surface area contributed by atoms with Crippen molar-refractivity contribution in [1.82, 2.24) is 8.87 Å². The van der Waals surface area contributed by atoms with Gasteiger partial charge in [-0.15, -0.1) is 0 Å². The molecule has 1 aliphatic rings. The molecule has 23 heavy (non-hydrogen) atoms. The van der Waals surface area contributed by atoms with Gasteiger partial charge in [-0.25, -0.2) is 8.42 Å². The monoisotopic (exact) mass is 357 g/mol. The van der Waals surface area contributed by atoms with Gasteiger partial charge in [0.2, 0.25) is 16.8 Å². The Kier molecular flexibility index (Phi) is 3.90. The molecule has 0 aliphatic carbocycles. The summed E-state index contributed by atoms with van der Waals surface area (Å²) in [5.74, 6) is 0.787. The number of sulfonamides is 1. The Labute approximate surface area is 136 Å². The van der Waals surface area contributed by atoms with Crippen LogP contribution in [0.1, 0.15) is 0 Å². The van der Waals surface area contributed by atoms with E-state index in [1.54, 1.807) is 11.6 Å². The Bertz CT molecular complexity index is 958. The highest BCUT2D eigenvalue weighted by Crippen LogP contribution is 2.36. The molecular formula is C13H15N3O5S2. The van der Waals surface area contributed by atoms with Crippen LogP contribution in [0.2, 0.25) is 0 Å². The Hall–Kier alpha value is -1.91. The molecule has 0 N–H and O–H groups in total. The zero-order valence-electron chi connectivity index (χ0n) is 12.8. The zero-order valence-corrected chi connectivity index (χ0v) is 14.4. The van der Waals surface area contributed by atoms with E-state index in [1.807, 2.05) is 12.1 Å². The van der Waals surface area contributed by atoms with Crippen LogP contribution >= 0.6 is 11.3 Å². The molecule has 8 nitrogen and oxygen atoms in total. The Morgan fingerprint density at radius 1 is 1.39 bits per heavy atom. The first kappa shape index (κ1) is 16.0. The van der Waals surface area contributed by atoms with E-state index in [0.29, 0.717) is 16.3 Å². The van der Waals surface area contributed by atoms with Gasteiger partial charge in [0.1, 0.15) is 0 Å². The van der Waals surface area contributed by atoms with Gasteiger partial charge in [0.05, 0.1) is 23.0 Å². The molecule has 1 aromatic heterocycles. The number of nitrogens with zero attached hydrogens (tertiary/aromatic N) is 3. The van der Waals surface area contributed by atoms with Crippen LogP contribution in [0.3, 0.4) is 0 Å². The fourth-order valence-electron chi connectivity index (χ4n) is 2.07. The van der Waals surface area contributed by atoms with Crippen molar-refractivity contribution in [3.05, 3.63) is 16.9 Å². The molecule has 10 heteroatoms. The van der Waals surface area contributed by atoms with E-state index >= 15 is 0 Å². The highest BCUT2D eigenvalue weighted by Gasteiger charge is 2.18. The maximum absolute atomic E-state index is 12.0. The smallest absolute Gasteiger partial charge is 0.263 e. The van der Waals surface area contributed by atoms with Crippen LogP contribution in [0, 0.1) is 0 Å². The molecule has 1 aromatic carbocycles. The molecule has 0 fully saturated rings. The third-order valence-corrected chi connectivity index (χ3v) is 5.80. The standard InChI is InChI=1S/C13H15N3O5S2/c1-15(23(3,18)19)6-12(17)14-13-16(2)8-4-9-10(21-7-20-9)5-11(8)22-13/h4-5H,6-7H2,1-3H3. The number of amides is 1. The van der Waals surface area contributed by atoms with Crippen LogP contribution in [0.15, 0.2) is 17.1 Å². The Morgan fingerprint density at radius 3 is 2.70 bits per heavy atom. The number of carbonyl (C=O) groups excluding carboxylic acids is 1. The van der Waals surface area contributed by atoms with E-state index in [9.17, 15) is 13.2 Å². The molecule has 124 valence electrons. The van der Waals surface area contributed by atoms with Crippen molar-refractivity contribution in [2.45, 2.75) is 0 Å². The largest absolute Gasteiger partial charge is 0.454 e. The van der Waals surface area contributed by atoms with Crippen molar-refractivity contribution in [3.8, 4) is 11.5 Å². The second-order valence-corrected chi connectivity index (χ2v) is 8.24. The van der Waals surface area contributed by atoms with Gasteiger partial charge in [0.25, 0.3) is 5.91 Å². The Balaban J connectivity index is 1.97. The van der Waals surface area contributed by atoms with Crippen molar-refractivity contribution in [3.63, 3.8) is 0 Å². The lowest BCUT2D eigenvalue weighted by Crippen LogP contribution is -2.31. The van der Waals surface area contributed by atoms with Crippen LogP contribution in [0.4, 0.5) is 0 Å². The first-order valence-corrected chi connectivity index (χ1v) is 9.30. The van der Waals surface area contributed by atoms with Crippen LogP contribution in [0.5, 0.6) is 11.5 Å². The summed E-state index contributed by atoms with van der Waals surface area (Å²) in [7, 11) is -0.291. The average Bonchev–Trinajstić information content (AvgIpc) is 3.01. The van der Waals surface area contributed by atoms with Crippen LogP contribution in [0.25, 0.3) is 10.2 Å². The predicted molar refractivity (Wildman–Crippen MR) is 85.0 cm³/mol. The molecule has 3 rings (SSSR count). The maximum atomic E-state index is 12.0. The molecule has 0 radical (unpaired) electrons. The summed E-state index contributed by atoms with van der Waals surface area (Å²) in [6.07, 6.45) is 1.04. The fraction of sp³-hybridized carbons (Fsp3) is 0.385. The SMILES string of the molecule is CN(CC(=O)N=c1sc2cc3c(cc2n1C)OCO3)S(C)(=O)=O. The number of rotatable bonds is 3. The number of aromatic nitrogens is 1. The molecule has 0 unspecified atom stereocenters. The summed E-state index contributed by atoms with van der Waals surface area (Å²) >= 11 is 1.32. The number of hydrogen-bond donors (Lipinski definition) is 0. The lowest BCUT2D eigenvalue weighted by molar-refractivity contribution is -0.118. The van der Waals surface area contributed by atoms with E-state index in [2.05, 4.69) is 4.99 Å². The molecule has 1 aliphatic heterocycles. The van der Waals surface area contributed by atoms with Gasteiger partial charge in [0, 0.05) is 26.2 Å². The molecular weight excluding hydrogens is 342 g/mol. The minimum Gasteiger partial charge on any atom is -0.454 e. The number of thiazole rings is 1. The predicted octanol–water partition coefficient (Wildman–Crippen LogP) is 0.287. The van der Waals surface area contributed by atoms with Crippen molar-refractivity contribution in [2.75, 3.05) is 26.6 Å². The number of fused-ring (bicyclic) bond motifs is 2. The summed E-state index contributed by atoms with van der Waals surface area (Å²) in [4.78, 5) is 16.5. The minimum absolute atomic E-state index is 0.198. The summed E-state index contributed by atoms with van der Waals surface area (Å²) in [6.45, 7) is -0.0976. The Morgan fingerprint density at radius 2 is 2.04 bits per heavy atom. The highest BCUT2D eigenvalue weighted by molar-refractivity contribution is 7.88. The van der Waals surface area contributed by atoms with Gasteiger partial charge in [-0.2, -0.15) is 9.30 Å². The summed E-state index contributed by atoms with van der Waals surface area (Å²) < 4.78 is 37.0. The van der Waals surface area contributed by atoms with Crippen molar-refractivity contribution in [2.24, 2.45) is 12.0 Å². The van der Waals surface area contributed by atoms with E-state index < -0.39 is 15.9 Å². The third-order valence-electron chi connectivity index (χ3n) is 3.45. The number of likely N-dealkylation sites (N-methyl/N-ethyl adjacent to an activating group) is 1. The van der Waals surface area contributed by atoms with E-state index in [0.717, 1.165) is 20.8 Å². The summed E-state index contributed by atoms with van der Waals surface area (Å²) in [5.41, 5.74) is 0.863. The van der Waals surface area contributed by atoms with Gasteiger partial charge in [-0.05, 0) is 0 Å². The molecule has 0 saturated carbocycles. The normalized spacial score (nSPS) is 14.9. The lowest BCUT2D eigenvalue weighted by atomic mass is 10.3. The summed E-state index contributed by atoms with van der Waals surface area (Å²) in [5, 5.41) is 0. The topological polar surface area (TPSA) is 90.2 Å². The van der Waals surface area contributed by atoms with Crippen LogP contribution in [-0.4, -0.2) is 49.8 Å². The number of benzene rings is 1. The molecule has 0 bridgehead atoms. The quantitative estimate of drug-likeness (QED) is 0.787. The second kappa shape index (κ2) is 5.62. The maximum Gasteiger partial charge on any atom is 0.263 e. The first-order valence-electron chi connectivity index (χ1n) is 6.64. The number of aryl methyl sites for hydroxylation is 1. The number of ether oxygens (including phenoxy) is 2. The minimum atomic E-state index is -3.42. The molecule has 0 saturated heterocycles. The van der Waals surface area contributed by atoms with Crippen molar-refractivity contribution in [1.29, 1.82) is 0 Å². The van der Waals surface area contributed by atoms with Gasteiger partial charge >= 0.3 is 0 Å². The molecule has 2 heterocycles. The van der Waals surface area contributed by atoms with Gasteiger partial charge in [-0.1, -0.05) is 11.3 Å². The molecule has 0 atom stereocenters. The zero-order chi connectivity index (χ0) is 16.8. The van der Waals surface area contributed by atoms with Crippen molar-refractivity contribution >= 4 is 37.5 Å². The highest BCUT2D eigenvalue weighted by atomic mass is 32.2. The van der Waals surface area contributed by atoms with E-state index in [-0.39, 0.29) is 13.3 Å². The van der Waals surface area contributed by atoms with Crippen LogP contribution in [-0.2, 0) is 21.9 Å². The fourth-order valence-corrected chi connectivity index (χ4v) is 3.46. The summed E-state index contributed by atoms with van der Waals surface area (Å²) in [6, 6.07) is 3.68. The average molecular weight is 357 g/mol. The number of hydrogen-bond acceptors (Lipinski definition) is 6. The lowest BCUT2D eigenvalue weighted by Gasteiger charge is -2.10. The first-order chi connectivity index (χ1) is 10.8. The third kappa shape index (κ3) is 3.09. The van der Waals surface area contributed by atoms with Gasteiger partial charge < -0.3 is 14.0 Å². The molecule has 1 amide bonds. The van der Waals surface area contributed by atoms with E-state index in [1.165, 1.54) is 18.4 Å². The second-order valence-electron chi connectivity index (χ2n) is 5.14. The van der Waals surface area contributed by atoms with Gasteiger partial charge in [-0.3, -0.25) is 4.79 Å². The molecule has 0 spiro atoms. The molecule has 2 aromatic rings. The van der Waals surface area contributed by atoms with E-state index in [4.69, 9.17) is 9.47 Å².